The maximum Gasteiger partial charge on any atom is 0.324 e. The molecule has 2 aromatic rings. The van der Waals surface area contributed by atoms with Gasteiger partial charge in [-0.2, -0.15) is 0 Å². The minimum absolute atomic E-state index is 0.126. The molecule has 1 N–H and O–H groups in total. The van der Waals surface area contributed by atoms with Crippen molar-refractivity contribution in [3.63, 3.8) is 0 Å². The number of nitrogens with one attached hydrogen (secondary N) is 1. The molecule has 6 heteroatoms. The summed E-state index contributed by atoms with van der Waals surface area (Å²) in [6.07, 6.45) is -0.328. The third-order valence-electron chi connectivity index (χ3n) is 2.47. The Labute approximate surface area is 101 Å². The third kappa shape index (κ3) is 1.72. The molecule has 5 nitrogen and oxygen atoms in total. The Morgan fingerprint density at radius 2 is 2.12 bits per heavy atom. The van der Waals surface area contributed by atoms with Crippen LogP contribution in [0.5, 0.6) is 5.75 Å². The van der Waals surface area contributed by atoms with Crippen molar-refractivity contribution in [3.05, 3.63) is 51.4 Å². The highest BCUT2D eigenvalue weighted by Gasteiger charge is 2.25. The van der Waals surface area contributed by atoms with Crippen LogP contribution in [-0.2, 0) is 0 Å². The van der Waals surface area contributed by atoms with Crippen LogP contribution in [0.1, 0.15) is 11.1 Å². The molecule has 0 saturated carbocycles. The van der Waals surface area contributed by atoms with Gasteiger partial charge in [0.05, 0.1) is 15.5 Å². The largest absolute Gasteiger partial charge is 0.463 e. The Balaban J connectivity index is 1.86. The van der Waals surface area contributed by atoms with Gasteiger partial charge in [0.25, 0.3) is 0 Å². The zero-order valence-electron chi connectivity index (χ0n) is 8.62. The van der Waals surface area contributed by atoms with Crippen molar-refractivity contribution in [1.82, 2.24) is 0 Å². The molecule has 0 radical (unpaired) electrons. The summed E-state index contributed by atoms with van der Waals surface area (Å²) in [5.74, 6) is 0.772. The summed E-state index contributed by atoms with van der Waals surface area (Å²) in [5.41, 5.74) is 0.911. The number of thiophene rings is 1. The van der Waals surface area contributed by atoms with Gasteiger partial charge in [0.15, 0.2) is 0 Å². The second-order valence-corrected chi connectivity index (χ2v) is 4.67. The van der Waals surface area contributed by atoms with E-state index in [0.717, 1.165) is 27.7 Å². The molecule has 0 bridgehead atoms. The number of anilines is 1. The molecular weight excluding hydrogens is 240 g/mol. The van der Waals surface area contributed by atoms with Gasteiger partial charge in [-0.25, -0.2) is 0 Å². The van der Waals surface area contributed by atoms with Crippen LogP contribution >= 0.6 is 11.3 Å². The van der Waals surface area contributed by atoms with E-state index < -0.39 is 4.92 Å². The summed E-state index contributed by atoms with van der Waals surface area (Å²) in [4.78, 5) is 11.0. The fourth-order valence-electron chi connectivity index (χ4n) is 1.70. The van der Waals surface area contributed by atoms with E-state index >= 15 is 0 Å². The van der Waals surface area contributed by atoms with E-state index in [9.17, 15) is 10.1 Å². The van der Waals surface area contributed by atoms with Gasteiger partial charge in [-0.05, 0) is 18.2 Å². The van der Waals surface area contributed by atoms with Gasteiger partial charge in [0.1, 0.15) is 5.75 Å². The molecule has 2 heterocycles. The lowest BCUT2D eigenvalue weighted by atomic mass is 10.3. The fraction of sp³-hybridized carbons (Fsp3) is 0.0909. The number of para-hydroxylation sites is 2. The van der Waals surface area contributed by atoms with Gasteiger partial charge < -0.3 is 10.1 Å². The minimum atomic E-state index is -0.393. The standard InChI is InChI=1S/C11H8N2O3S/c14-13(15)10-6-5-9(17-10)11-12-7-3-1-2-4-8(7)16-11/h1-6,11-12H. The second-order valence-electron chi connectivity index (χ2n) is 3.57. The Kier molecular flexibility index (Phi) is 2.22. The van der Waals surface area contributed by atoms with E-state index in [0.29, 0.717) is 0 Å². The molecule has 0 spiro atoms. The van der Waals surface area contributed by atoms with Crippen molar-refractivity contribution >= 4 is 22.0 Å². The van der Waals surface area contributed by atoms with E-state index in [1.165, 1.54) is 6.07 Å². The van der Waals surface area contributed by atoms with Crippen LogP contribution in [0.3, 0.4) is 0 Å². The highest BCUT2D eigenvalue weighted by Crippen LogP contribution is 2.40. The highest BCUT2D eigenvalue weighted by atomic mass is 32.1. The second kappa shape index (κ2) is 3.74. The van der Waals surface area contributed by atoms with Crippen molar-refractivity contribution in [2.24, 2.45) is 0 Å². The number of hydrogen-bond donors (Lipinski definition) is 1. The molecule has 1 unspecified atom stereocenters. The summed E-state index contributed by atoms with van der Waals surface area (Å²) in [5, 5.41) is 13.9. The summed E-state index contributed by atoms with van der Waals surface area (Å²) >= 11 is 1.12. The zero-order chi connectivity index (χ0) is 11.8. The first-order valence-electron chi connectivity index (χ1n) is 5.00. The quantitative estimate of drug-likeness (QED) is 0.655. The van der Waals surface area contributed by atoms with E-state index in [1.807, 2.05) is 24.3 Å². The normalized spacial score (nSPS) is 17.1. The van der Waals surface area contributed by atoms with Gasteiger partial charge in [0.2, 0.25) is 6.23 Å². The molecule has 3 rings (SSSR count). The molecule has 0 aliphatic carbocycles. The smallest absolute Gasteiger partial charge is 0.324 e. The van der Waals surface area contributed by atoms with E-state index in [-0.39, 0.29) is 11.2 Å². The number of fused-ring (bicyclic) bond motifs is 1. The average molecular weight is 248 g/mol. The highest BCUT2D eigenvalue weighted by molar-refractivity contribution is 7.15. The van der Waals surface area contributed by atoms with Gasteiger partial charge in [-0.15, -0.1) is 0 Å². The first-order valence-corrected chi connectivity index (χ1v) is 5.82. The summed E-state index contributed by atoms with van der Waals surface area (Å²) in [6, 6.07) is 10.8. The first kappa shape index (κ1) is 10.1. The Bertz CT molecular complexity index is 557. The number of rotatable bonds is 2. The molecule has 1 atom stereocenters. The first-order chi connectivity index (χ1) is 8.24. The molecule has 0 fully saturated rings. The van der Waals surface area contributed by atoms with Gasteiger partial charge in [-0.3, -0.25) is 10.1 Å². The van der Waals surface area contributed by atoms with Crippen LogP contribution in [0.25, 0.3) is 0 Å². The zero-order valence-corrected chi connectivity index (χ0v) is 9.44. The number of ether oxygens (including phenoxy) is 1. The lowest BCUT2D eigenvalue weighted by Crippen LogP contribution is -2.07. The van der Waals surface area contributed by atoms with Crippen LogP contribution in [-0.4, -0.2) is 4.92 Å². The molecule has 17 heavy (non-hydrogen) atoms. The van der Waals surface area contributed by atoms with Crippen molar-refractivity contribution in [3.8, 4) is 5.75 Å². The van der Waals surface area contributed by atoms with Gasteiger partial charge in [-0.1, -0.05) is 23.5 Å². The van der Waals surface area contributed by atoms with Gasteiger partial charge in [0, 0.05) is 6.07 Å². The maximum absolute atomic E-state index is 10.6. The third-order valence-corrected chi connectivity index (χ3v) is 3.55. The lowest BCUT2D eigenvalue weighted by Gasteiger charge is -2.07. The molecule has 86 valence electrons. The number of benzene rings is 1. The Morgan fingerprint density at radius 3 is 2.82 bits per heavy atom. The Hall–Kier alpha value is -2.08. The number of nitro groups is 1. The molecule has 1 aromatic heterocycles. The van der Waals surface area contributed by atoms with Crippen molar-refractivity contribution in [2.75, 3.05) is 5.32 Å². The van der Waals surface area contributed by atoms with E-state index in [2.05, 4.69) is 5.32 Å². The van der Waals surface area contributed by atoms with Crippen LogP contribution in [0, 0.1) is 10.1 Å². The summed E-state index contributed by atoms with van der Waals surface area (Å²) in [6.45, 7) is 0. The molecule has 1 aliphatic heterocycles. The van der Waals surface area contributed by atoms with Crippen LogP contribution in [0.2, 0.25) is 0 Å². The van der Waals surface area contributed by atoms with Crippen LogP contribution < -0.4 is 10.1 Å². The summed E-state index contributed by atoms with van der Waals surface area (Å²) < 4.78 is 5.66. The van der Waals surface area contributed by atoms with E-state index in [1.54, 1.807) is 6.07 Å². The monoisotopic (exact) mass is 248 g/mol. The average Bonchev–Trinajstić information content (AvgIpc) is 2.95. The van der Waals surface area contributed by atoms with Crippen LogP contribution in [0.15, 0.2) is 36.4 Å². The van der Waals surface area contributed by atoms with Crippen molar-refractivity contribution in [2.45, 2.75) is 6.23 Å². The maximum atomic E-state index is 10.6. The molecule has 1 aliphatic rings. The molecule has 0 saturated heterocycles. The number of hydrogen-bond acceptors (Lipinski definition) is 5. The minimum Gasteiger partial charge on any atom is -0.463 e. The summed E-state index contributed by atoms with van der Waals surface area (Å²) in [7, 11) is 0. The van der Waals surface area contributed by atoms with Crippen LogP contribution in [0.4, 0.5) is 10.7 Å². The molecular formula is C11H8N2O3S. The number of nitrogens with zero attached hydrogens (tertiary/aromatic N) is 1. The topological polar surface area (TPSA) is 64.4 Å². The molecule has 1 aromatic carbocycles. The van der Waals surface area contributed by atoms with Crippen molar-refractivity contribution in [1.29, 1.82) is 0 Å². The Morgan fingerprint density at radius 1 is 1.29 bits per heavy atom. The SMILES string of the molecule is O=[N+]([O-])c1ccc(C2Nc3ccccc3O2)s1. The lowest BCUT2D eigenvalue weighted by molar-refractivity contribution is -0.380. The molecule has 0 amide bonds. The van der Waals surface area contributed by atoms with Crippen molar-refractivity contribution < 1.29 is 9.66 Å². The fourth-order valence-corrected chi connectivity index (χ4v) is 2.50. The predicted octanol–water partition coefficient (Wildman–Crippen LogP) is 3.16. The van der Waals surface area contributed by atoms with Gasteiger partial charge >= 0.3 is 5.00 Å². The van der Waals surface area contributed by atoms with E-state index in [4.69, 9.17) is 4.74 Å². The predicted molar refractivity (Wildman–Crippen MR) is 64.4 cm³/mol.